The molecule has 6 heteroatoms. The maximum absolute atomic E-state index is 12.5. The summed E-state index contributed by atoms with van der Waals surface area (Å²) in [5, 5.41) is 12.4. The van der Waals surface area contributed by atoms with Crippen LogP contribution in [0.2, 0.25) is 0 Å². The molecule has 1 aliphatic rings. The number of nitriles is 1. The zero-order valence-electron chi connectivity index (χ0n) is 14.8. The van der Waals surface area contributed by atoms with Gasteiger partial charge in [-0.2, -0.15) is 5.26 Å². The molecule has 0 saturated heterocycles. The van der Waals surface area contributed by atoms with Gasteiger partial charge in [-0.25, -0.2) is 0 Å². The Morgan fingerprint density at radius 2 is 1.96 bits per heavy atom. The Balaban J connectivity index is 2.26. The van der Waals surface area contributed by atoms with Gasteiger partial charge in [-0.1, -0.05) is 19.8 Å². The molecule has 0 aromatic heterocycles. The van der Waals surface area contributed by atoms with Crippen molar-refractivity contribution < 1.29 is 14.3 Å². The van der Waals surface area contributed by atoms with Crippen molar-refractivity contribution in [2.24, 2.45) is 5.92 Å². The fourth-order valence-corrected chi connectivity index (χ4v) is 3.60. The Morgan fingerprint density at radius 3 is 2.56 bits per heavy atom. The van der Waals surface area contributed by atoms with Crippen molar-refractivity contribution in [1.29, 1.82) is 5.26 Å². The molecule has 1 aliphatic carbocycles. The molecule has 1 aromatic rings. The Hall–Kier alpha value is -2.00. The average molecular weight is 407 g/mol. The van der Waals surface area contributed by atoms with Crippen LogP contribution in [0, 0.1) is 17.2 Å². The van der Waals surface area contributed by atoms with Gasteiger partial charge in [0.2, 0.25) is 0 Å². The Labute approximate surface area is 157 Å². The summed E-state index contributed by atoms with van der Waals surface area (Å²) in [4.78, 5) is 12.5. The number of benzene rings is 1. The van der Waals surface area contributed by atoms with Crippen LogP contribution in [-0.4, -0.2) is 26.2 Å². The highest BCUT2D eigenvalue weighted by Crippen LogP contribution is 2.34. The molecular formula is C19H23BrN2O3. The smallest absolute Gasteiger partial charge is 0.262 e. The topological polar surface area (TPSA) is 71.3 Å². The van der Waals surface area contributed by atoms with Crippen molar-refractivity contribution in [2.75, 3.05) is 14.2 Å². The van der Waals surface area contributed by atoms with E-state index in [0.717, 1.165) is 23.7 Å². The fraction of sp³-hybridized carbons (Fsp3) is 0.474. The number of carbonyl (C=O) groups is 1. The summed E-state index contributed by atoms with van der Waals surface area (Å²) < 4.78 is 11.3. The molecular weight excluding hydrogens is 384 g/mol. The zero-order valence-corrected chi connectivity index (χ0v) is 16.4. The molecule has 1 amide bonds. The van der Waals surface area contributed by atoms with E-state index in [2.05, 4.69) is 28.2 Å². The molecule has 0 radical (unpaired) electrons. The second kappa shape index (κ2) is 8.91. The predicted molar refractivity (Wildman–Crippen MR) is 100 cm³/mol. The predicted octanol–water partition coefficient (Wildman–Crippen LogP) is 4.07. The second-order valence-electron chi connectivity index (χ2n) is 6.24. The maximum atomic E-state index is 12.5. The van der Waals surface area contributed by atoms with Gasteiger partial charge in [-0.15, -0.1) is 0 Å². The molecule has 1 aromatic carbocycles. The number of nitrogens with one attached hydrogen (secondary N) is 1. The van der Waals surface area contributed by atoms with Crippen molar-refractivity contribution in [3.05, 3.63) is 27.7 Å². The number of nitrogens with zero attached hydrogens (tertiary/aromatic N) is 1. The van der Waals surface area contributed by atoms with E-state index >= 15 is 0 Å². The third-order valence-corrected chi connectivity index (χ3v) is 5.22. The summed E-state index contributed by atoms with van der Waals surface area (Å²) in [5.41, 5.74) is 0.701. The first-order valence-electron chi connectivity index (χ1n) is 8.34. The molecule has 0 spiro atoms. The number of hydrogen-bond acceptors (Lipinski definition) is 4. The third-order valence-electron chi connectivity index (χ3n) is 4.60. The first-order valence-corrected chi connectivity index (χ1v) is 9.13. The molecule has 0 heterocycles. The highest BCUT2D eigenvalue weighted by molar-refractivity contribution is 9.10. The molecule has 2 rings (SSSR count). The third kappa shape index (κ3) is 4.76. The van der Waals surface area contributed by atoms with E-state index in [9.17, 15) is 10.1 Å². The van der Waals surface area contributed by atoms with E-state index in [1.54, 1.807) is 25.3 Å². The standard InChI is InChI=1S/C19H23BrN2O3/c1-12-6-4-5-7-16(12)22-19(23)14(11-21)8-13-9-15(20)18(25-3)10-17(13)24-2/h8-10,12,16H,4-7H2,1-3H3,(H,22,23)/b14-8+/t12-,16+/m0/s1. The number of carbonyl (C=O) groups excluding carboxylic acids is 1. The van der Waals surface area contributed by atoms with Crippen LogP contribution in [0.15, 0.2) is 22.2 Å². The van der Waals surface area contributed by atoms with Gasteiger partial charge in [0.15, 0.2) is 0 Å². The molecule has 0 bridgehead atoms. The van der Waals surface area contributed by atoms with Gasteiger partial charge in [-0.05, 0) is 46.8 Å². The molecule has 1 fully saturated rings. The largest absolute Gasteiger partial charge is 0.496 e. The molecule has 2 atom stereocenters. The SMILES string of the molecule is COc1cc(OC)c(/C=C(\C#N)C(=O)N[C@@H]2CCCC[C@@H]2C)cc1Br. The minimum absolute atomic E-state index is 0.0631. The quantitative estimate of drug-likeness (QED) is 0.590. The monoisotopic (exact) mass is 406 g/mol. The van der Waals surface area contributed by atoms with Crippen LogP contribution < -0.4 is 14.8 Å². The Morgan fingerprint density at radius 1 is 1.28 bits per heavy atom. The summed E-state index contributed by atoms with van der Waals surface area (Å²) in [7, 11) is 3.10. The highest BCUT2D eigenvalue weighted by Gasteiger charge is 2.24. The van der Waals surface area contributed by atoms with Crippen LogP contribution in [0.4, 0.5) is 0 Å². The molecule has 25 heavy (non-hydrogen) atoms. The van der Waals surface area contributed by atoms with Crippen molar-refractivity contribution in [1.82, 2.24) is 5.32 Å². The van der Waals surface area contributed by atoms with Gasteiger partial charge < -0.3 is 14.8 Å². The van der Waals surface area contributed by atoms with Crippen LogP contribution in [0.1, 0.15) is 38.2 Å². The average Bonchev–Trinajstić information content (AvgIpc) is 2.61. The number of rotatable bonds is 5. The van der Waals surface area contributed by atoms with Gasteiger partial charge in [0, 0.05) is 17.7 Å². The van der Waals surface area contributed by atoms with Crippen LogP contribution >= 0.6 is 15.9 Å². The van der Waals surface area contributed by atoms with Gasteiger partial charge in [0.25, 0.3) is 5.91 Å². The van der Waals surface area contributed by atoms with Crippen LogP contribution in [-0.2, 0) is 4.79 Å². The maximum Gasteiger partial charge on any atom is 0.262 e. The van der Waals surface area contributed by atoms with Gasteiger partial charge in [0.05, 0.1) is 18.7 Å². The van der Waals surface area contributed by atoms with E-state index in [1.807, 2.05) is 6.07 Å². The minimum Gasteiger partial charge on any atom is -0.496 e. The lowest BCUT2D eigenvalue weighted by Crippen LogP contribution is -2.41. The number of ether oxygens (including phenoxy) is 2. The lowest BCUT2D eigenvalue weighted by Gasteiger charge is -2.29. The van der Waals surface area contributed by atoms with Gasteiger partial charge in [-0.3, -0.25) is 4.79 Å². The highest BCUT2D eigenvalue weighted by atomic mass is 79.9. The lowest BCUT2D eigenvalue weighted by molar-refractivity contribution is -0.118. The van der Waals surface area contributed by atoms with E-state index in [1.165, 1.54) is 13.5 Å². The molecule has 134 valence electrons. The Bertz CT molecular complexity index is 709. The normalized spacial score (nSPS) is 20.5. The summed E-state index contributed by atoms with van der Waals surface area (Å²) in [6.45, 7) is 2.14. The second-order valence-corrected chi connectivity index (χ2v) is 7.09. The number of amides is 1. The molecule has 1 N–H and O–H groups in total. The molecule has 5 nitrogen and oxygen atoms in total. The molecule has 1 saturated carbocycles. The van der Waals surface area contributed by atoms with Crippen LogP contribution in [0.5, 0.6) is 11.5 Å². The summed E-state index contributed by atoms with van der Waals surface area (Å²) in [5.74, 6) is 1.25. The van der Waals surface area contributed by atoms with E-state index in [0.29, 0.717) is 23.0 Å². The lowest BCUT2D eigenvalue weighted by atomic mass is 9.86. The van der Waals surface area contributed by atoms with Gasteiger partial charge >= 0.3 is 0 Å². The van der Waals surface area contributed by atoms with Crippen molar-refractivity contribution in [2.45, 2.75) is 38.6 Å². The van der Waals surface area contributed by atoms with Crippen molar-refractivity contribution in [3.63, 3.8) is 0 Å². The first kappa shape index (κ1) is 19.3. The molecule has 0 aliphatic heterocycles. The van der Waals surface area contributed by atoms with Crippen LogP contribution in [0.25, 0.3) is 6.08 Å². The fourth-order valence-electron chi connectivity index (χ4n) is 3.08. The number of halogens is 1. The van der Waals surface area contributed by atoms with Crippen molar-refractivity contribution >= 4 is 27.9 Å². The van der Waals surface area contributed by atoms with E-state index in [-0.39, 0.29) is 17.5 Å². The van der Waals surface area contributed by atoms with Gasteiger partial charge in [0.1, 0.15) is 23.1 Å². The van der Waals surface area contributed by atoms with E-state index < -0.39 is 0 Å². The van der Waals surface area contributed by atoms with E-state index in [4.69, 9.17) is 9.47 Å². The zero-order chi connectivity index (χ0) is 18.4. The Kier molecular flexibility index (Phi) is 6.89. The number of hydrogen-bond donors (Lipinski definition) is 1. The first-order chi connectivity index (χ1) is 12.0. The molecule has 0 unspecified atom stereocenters. The minimum atomic E-state index is -0.338. The summed E-state index contributed by atoms with van der Waals surface area (Å²) in [6, 6.07) is 5.61. The summed E-state index contributed by atoms with van der Waals surface area (Å²) in [6.07, 6.45) is 5.93. The summed E-state index contributed by atoms with van der Waals surface area (Å²) >= 11 is 3.41. The van der Waals surface area contributed by atoms with Crippen LogP contribution in [0.3, 0.4) is 0 Å². The van der Waals surface area contributed by atoms with Crippen molar-refractivity contribution in [3.8, 4) is 17.6 Å². The number of methoxy groups -OCH3 is 2.